The summed E-state index contributed by atoms with van der Waals surface area (Å²) in [6.45, 7) is 6.41. The van der Waals surface area contributed by atoms with E-state index in [0.29, 0.717) is 0 Å². The standard InChI is InChI=1S/C26H26F2N2/c1-2-5-19-6-3-4-7-24(19)25-18-29-16-17-30(25)26(20-8-12-22(27)13-9-20)21-10-14-23(28)15-11-21/h2-4,6-15,25-26,29H,1,5,16-18H2. The third-order valence-electron chi connectivity index (χ3n) is 5.77. The highest BCUT2D eigenvalue weighted by molar-refractivity contribution is 5.36. The minimum atomic E-state index is -0.259. The van der Waals surface area contributed by atoms with Gasteiger partial charge in [-0.05, 0) is 52.9 Å². The van der Waals surface area contributed by atoms with Gasteiger partial charge in [0.25, 0.3) is 0 Å². The summed E-state index contributed by atoms with van der Waals surface area (Å²) >= 11 is 0. The molecule has 1 heterocycles. The molecule has 0 spiro atoms. The molecule has 3 aromatic carbocycles. The summed E-state index contributed by atoms with van der Waals surface area (Å²) in [5, 5.41) is 3.52. The molecule has 0 radical (unpaired) electrons. The predicted octanol–water partition coefficient (Wildman–Crippen LogP) is 5.43. The van der Waals surface area contributed by atoms with Crippen molar-refractivity contribution in [2.75, 3.05) is 19.6 Å². The van der Waals surface area contributed by atoms with Crippen molar-refractivity contribution >= 4 is 0 Å². The van der Waals surface area contributed by atoms with E-state index >= 15 is 0 Å². The largest absolute Gasteiger partial charge is 0.314 e. The van der Waals surface area contributed by atoms with Crippen LogP contribution in [0.2, 0.25) is 0 Å². The Kier molecular flexibility index (Phi) is 6.36. The maximum Gasteiger partial charge on any atom is 0.123 e. The van der Waals surface area contributed by atoms with E-state index in [4.69, 9.17) is 0 Å². The first-order valence-corrected chi connectivity index (χ1v) is 10.3. The zero-order valence-corrected chi connectivity index (χ0v) is 16.9. The molecule has 0 aromatic heterocycles. The number of hydrogen-bond donors (Lipinski definition) is 1. The van der Waals surface area contributed by atoms with Crippen LogP contribution in [0.5, 0.6) is 0 Å². The highest BCUT2D eigenvalue weighted by atomic mass is 19.1. The number of rotatable bonds is 6. The van der Waals surface area contributed by atoms with Crippen LogP contribution in [0.4, 0.5) is 8.78 Å². The van der Waals surface area contributed by atoms with Crippen LogP contribution in [-0.4, -0.2) is 24.5 Å². The number of nitrogens with zero attached hydrogens (tertiary/aromatic N) is 1. The molecule has 154 valence electrons. The predicted molar refractivity (Wildman–Crippen MR) is 117 cm³/mol. The number of halogens is 2. The van der Waals surface area contributed by atoms with Gasteiger partial charge in [0.1, 0.15) is 11.6 Å². The summed E-state index contributed by atoms with van der Waals surface area (Å²) in [6, 6.07) is 21.8. The van der Waals surface area contributed by atoms with Crippen molar-refractivity contribution in [1.82, 2.24) is 10.2 Å². The van der Waals surface area contributed by atoms with E-state index in [9.17, 15) is 8.78 Å². The average molecular weight is 405 g/mol. The number of allylic oxidation sites excluding steroid dienone is 1. The van der Waals surface area contributed by atoms with Crippen LogP contribution in [-0.2, 0) is 6.42 Å². The second kappa shape index (κ2) is 9.33. The molecule has 1 aliphatic rings. The molecule has 0 aliphatic carbocycles. The summed E-state index contributed by atoms with van der Waals surface area (Å²) in [6.07, 6.45) is 2.73. The van der Waals surface area contributed by atoms with Gasteiger partial charge in [-0.2, -0.15) is 0 Å². The molecule has 4 rings (SSSR count). The Morgan fingerprint density at radius 3 is 2.13 bits per heavy atom. The Balaban J connectivity index is 1.80. The minimum absolute atomic E-state index is 0.102. The minimum Gasteiger partial charge on any atom is -0.314 e. The molecule has 1 unspecified atom stereocenters. The van der Waals surface area contributed by atoms with Gasteiger partial charge in [0.05, 0.1) is 6.04 Å². The summed E-state index contributed by atoms with van der Waals surface area (Å²) in [4.78, 5) is 2.44. The van der Waals surface area contributed by atoms with Gasteiger partial charge in [-0.1, -0.05) is 54.6 Å². The Morgan fingerprint density at radius 2 is 1.53 bits per heavy atom. The molecule has 1 atom stereocenters. The lowest BCUT2D eigenvalue weighted by Crippen LogP contribution is -2.48. The molecule has 1 N–H and O–H groups in total. The topological polar surface area (TPSA) is 15.3 Å². The molecule has 0 saturated carbocycles. The van der Waals surface area contributed by atoms with Crippen molar-refractivity contribution in [3.05, 3.63) is 119 Å². The van der Waals surface area contributed by atoms with Gasteiger partial charge in [0.15, 0.2) is 0 Å². The van der Waals surface area contributed by atoms with Crippen molar-refractivity contribution in [3.63, 3.8) is 0 Å². The lowest BCUT2D eigenvalue weighted by atomic mass is 9.90. The van der Waals surface area contributed by atoms with Gasteiger partial charge in [0.2, 0.25) is 0 Å². The quantitative estimate of drug-likeness (QED) is 0.551. The number of piperazine rings is 1. The summed E-state index contributed by atoms with van der Waals surface area (Å²) < 4.78 is 27.3. The van der Waals surface area contributed by atoms with Crippen molar-refractivity contribution in [1.29, 1.82) is 0 Å². The number of benzene rings is 3. The first-order chi connectivity index (χ1) is 14.7. The van der Waals surface area contributed by atoms with Crippen LogP contribution in [0, 0.1) is 11.6 Å². The van der Waals surface area contributed by atoms with Gasteiger partial charge < -0.3 is 5.32 Å². The smallest absolute Gasteiger partial charge is 0.123 e. The van der Waals surface area contributed by atoms with Gasteiger partial charge in [-0.25, -0.2) is 8.78 Å². The zero-order valence-electron chi connectivity index (χ0n) is 16.9. The van der Waals surface area contributed by atoms with Crippen LogP contribution in [0.1, 0.15) is 34.3 Å². The fraction of sp³-hybridized carbons (Fsp3) is 0.231. The molecule has 0 amide bonds. The molecule has 1 saturated heterocycles. The van der Waals surface area contributed by atoms with Gasteiger partial charge in [0, 0.05) is 25.7 Å². The zero-order chi connectivity index (χ0) is 20.9. The molecular formula is C26H26F2N2. The van der Waals surface area contributed by atoms with E-state index < -0.39 is 0 Å². The molecule has 3 aromatic rings. The first kappa shape index (κ1) is 20.5. The Hall–Kier alpha value is -2.82. The third-order valence-corrected chi connectivity index (χ3v) is 5.77. The third kappa shape index (κ3) is 4.35. The van der Waals surface area contributed by atoms with E-state index in [1.807, 2.05) is 30.3 Å². The van der Waals surface area contributed by atoms with Crippen molar-refractivity contribution in [2.45, 2.75) is 18.5 Å². The molecule has 2 nitrogen and oxygen atoms in total. The maximum absolute atomic E-state index is 13.6. The SMILES string of the molecule is C=CCc1ccccc1C1CNCCN1C(c1ccc(F)cc1)c1ccc(F)cc1. The van der Waals surface area contributed by atoms with E-state index in [-0.39, 0.29) is 23.7 Å². The molecule has 1 fully saturated rings. The fourth-order valence-electron chi connectivity index (χ4n) is 4.38. The van der Waals surface area contributed by atoms with Crippen molar-refractivity contribution in [2.24, 2.45) is 0 Å². The van der Waals surface area contributed by atoms with E-state index in [1.165, 1.54) is 35.4 Å². The normalized spacial score (nSPS) is 17.2. The van der Waals surface area contributed by atoms with Crippen LogP contribution >= 0.6 is 0 Å². The molecule has 4 heteroatoms. The van der Waals surface area contributed by atoms with Gasteiger partial charge >= 0.3 is 0 Å². The van der Waals surface area contributed by atoms with E-state index in [1.54, 1.807) is 0 Å². The van der Waals surface area contributed by atoms with Gasteiger partial charge in [-0.3, -0.25) is 4.90 Å². The Morgan fingerprint density at radius 1 is 0.933 bits per heavy atom. The van der Waals surface area contributed by atoms with Crippen molar-refractivity contribution < 1.29 is 8.78 Å². The summed E-state index contributed by atoms with van der Waals surface area (Å²) in [5.41, 5.74) is 4.51. The number of nitrogens with one attached hydrogen (secondary N) is 1. The monoisotopic (exact) mass is 404 g/mol. The number of hydrogen-bond acceptors (Lipinski definition) is 2. The summed E-state index contributed by atoms with van der Waals surface area (Å²) in [5.74, 6) is -0.519. The van der Waals surface area contributed by atoms with Crippen LogP contribution in [0.3, 0.4) is 0 Å². The van der Waals surface area contributed by atoms with E-state index in [0.717, 1.165) is 37.2 Å². The first-order valence-electron chi connectivity index (χ1n) is 10.3. The average Bonchev–Trinajstić information content (AvgIpc) is 2.78. The fourth-order valence-corrected chi connectivity index (χ4v) is 4.38. The Labute approximate surface area is 176 Å². The Bertz CT molecular complexity index is 937. The molecular weight excluding hydrogens is 378 g/mol. The van der Waals surface area contributed by atoms with Crippen LogP contribution in [0.15, 0.2) is 85.5 Å². The maximum atomic E-state index is 13.6. The van der Waals surface area contributed by atoms with Crippen LogP contribution in [0.25, 0.3) is 0 Å². The van der Waals surface area contributed by atoms with Crippen LogP contribution < -0.4 is 5.32 Å². The highest BCUT2D eigenvalue weighted by Gasteiger charge is 2.32. The lowest BCUT2D eigenvalue weighted by molar-refractivity contribution is 0.125. The molecule has 0 bridgehead atoms. The molecule has 30 heavy (non-hydrogen) atoms. The van der Waals surface area contributed by atoms with Crippen molar-refractivity contribution in [3.8, 4) is 0 Å². The second-order valence-electron chi connectivity index (χ2n) is 7.66. The lowest BCUT2D eigenvalue weighted by Gasteiger charge is -2.43. The molecule has 1 aliphatic heterocycles. The summed E-state index contributed by atoms with van der Waals surface area (Å²) in [7, 11) is 0. The highest BCUT2D eigenvalue weighted by Crippen LogP contribution is 2.37. The van der Waals surface area contributed by atoms with Gasteiger partial charge in [-0.15, -0.1) is 6.58 Å². The second-order valence-corrected chi connectivity index (χ2v) is 7.66. The van der Waals surface area contributed by atoms with E-state index in [2.05, 4.69) is 41.1 Å².